The summed E-state index contributed by atoms with van der Waals surface area (Å²) < 4.78 is 7.07. The molecule has 3 aromatic heterocycles. The molecule has 1 aliphatic heterocycles. The first kappa shape index (κ1) is 44.8. The minimum absolute atomic E-state index is 0.462. The Hall–Kier alpha value is -9.39. The average Bonchev–Trinajstić information content (AvgIpc) is 4.07. The molecule has 0 radical (unpaired) electrons. The third-order valence-electron chi connectivity index (χ3n) is 14.6. The average molecular weight is 943 g/mol. The van der Waals surface area contributed by atoms with E-state index >= 15 is 0 Å². The molecule has 1 aliphatic rings. The molecule has 0 saturated heterocycles. The third kappa shape index (κ3) is 7.90. The SMILES string of the molecule is C=C1/C=C(/n2c3ccccc3c3ccccc32)CCN(C)c2ccccc21.Cn1c2ccccc2c2cc(-n3c4ccccc4c4ccccc43)ccc21.N=C(c1ccccc1)c1ccc2ccccc2c1N. The van der Waals surface area contributed by atoms with Gasteiger partial charge in [0.25, 0.3) is 0 Å². The molecule has 14 rings (SSSR count). The van der Waals surface area contributed by atoms with Crippen molar-refractivity contribution in [1.29, 1.82) is 5.41 Å². The molecule has 0 saturated carbocycles. The van der Waals surface area contributed by atoms with E-state index < -0.39 is 0 Å². The predicted molar refractivity (Wildman–Crippen MR) is 313 cm³/mol. The summed E-state index contributed by atoms with van der Waals surface area (Å²) in [4.78, 5) is 2.33. The van der Waals surface area contributed by atoms with E-state index in [0.717, 1.165) is 40.4 Å². The maximum atomic E-state index is 8.31. The summed E-state index contributed by atoms with van der Waals surface area (Å²) in [5.41, 5.74) is 22.6. The van der Waals surface area contributed by atoms with Crippen molar-refractivity contribution in [1.82, 2.24) is 13.7 Å². The van der Waals surface area contributed by atoms with Gasteiger partial charge in [0.05, 0.1) is 27.8 Å². The minimum Gasteiger partial charge on any atom is -0.398 e. The van der Waals surface area contributed by atoms with E-state index in [1.54, 1.807) is 0 Å². The first-order valence-corrected chi connectivity index (χ1v) is 24.9. The van der Waals surface area contributed by atoms with Crippen LogP contribution in [0.4, 0.5) is 11.4 Å². The van der Waals surface area contributed by atoms with Gasteiger partial charge in [-0.3, -0.25) is 5.41 Å². The largest absolute Gasteiger partial charge is 0.398 e. The van der Waals surface area contributed by atoms with E-state index in [-0.39, 0.29) is 0 Å². The molecule has 13 aromatic rings. The molecule has 0 spiro atoms. The zero-order valence-electron chi connectivity index (χ0n) is 41.0. The number of allylic oxidation sites excluding steroid dienone is 2. The van der Waals surface area contributed by atoms with Crippen molar-refractivity contribution < 1.29 is 0 Å². The van der Waals surface area contributed by atoms with Gasteiger partial charge in [0, 0.05) is 115 Å². The van der Waals surface area contributed by atoms with Gasteiger partial charge in [-0.1, -0.05) is 183 Å². The lowest BCUT2D eigenvalue weighted by atomic mass is 9.97. The molecule has 10 aromatic carbocycles. The Bertz CT molecular complexity index is 4190. The van der Waals surface area contributed by atoms with E-state index in [4.69, 9.17) is 11.1 Å². The van der Waals surface area contributed by atoms with Crippen molar-refractivity contribution in [2.75, 3.05) is 24.2 Å². The van der Waals surface area contributed by atoms with Crippen molar-refractivity contribution in [2.24, 2.45) is 7.05 Å². The number of rotatable bonds is 4. The molecule has 0 unspecified atom stereocenters. The molecular formula is C67H54N6. The van der Waals surface area contributed by atoms with Gasteiger partial charge in [-0.25, -0.2) is 0 Å². The molecule has 0 bridgehead atoms. The first-order valence-electron chi connectivity index (χ1n) is 24.9. The smallest absolute Gasteiger partial charge is 0.0705 e. The van der Waals surface area contributed by atoms with Gasteiger partial charge in [0.2, 0.25) is 0 Å². The van der Waals surface area contributed by atoms with Crippen molar-refractivity contribution in [2.45, 2.75) is 6.42 Å². The van der Waals surface area contributed by atoms with Gasteiger partial charge in [0.1, 0.15) is 0 Å². The van der Waals surface area contributed by atoms with Crippen molar-refractivity contribution in [3.63, 3.8) is 0 Å². The number of aromatic nitrogens is 3. The lowest BCUT2D eigenvalue weighted by Gasteiger charge is -2.27. The van der Waals surface area contributed by atoms with Crippen LogP contribution < -0.4 is 10.6 Å². The molecule has 352 valence electrons. The molecule has 6 heteroatoms. The number of nitrogens with one attached hydrogen (secondary N) is 1. The highest BCUT2D eigenvalue weighted by molar-refractivity contribution is 6.17. The van der Waals surface area contributed by atoms with Crippen LogP contribution in [0.5, 0.6) is 0 Å². The lowest BCUT2D eigenvalue weighted by molar-refractivity contribution is 0.878. The van der Waals surface area contributed by atoms with Crippen LogP contribution in [-0.4, -0.2) is 33.0 Å². The summed E-state index contributed by atoms with van der Waals surface area (Å²) in [6.45, 7) is 5.36. The van der Waals surface area contributed by atoms with Crippen LogP contribution in [-0.2, 0) is 7.05 Å². The number of anilines is 2. The zero-order valence-corrected chi connectivity index (χ0v) is 41.0. The van der Waals surface area contributed by atoms with Gasteiger partial charge in [-0.05, 0) is 71.6 Å². The number of hydrogen-bond donors (Lipinski definition) is 2. The lowest BCUT2D eigenvalue weighted by Crippen LogP contribution is -2.22. The second-order valence-corrected chi connectivity index (χ2v) is 18.9. The molecule has 0 fully saturated rings. The van der Waals surface area contributed by atoms with Gasteiger partial charge in [0.15, 0.2) is 0 Å². The Kier molecular flexibility index (Phi) is 11.5. The molecule has 73 heavy (non-hydrogen) atoms. The zero-order chi connectivity index (χ0) is 49.6. The number of nitrogens with zero attached hydrogens (tertiary/aromatic N) is 4. The number of nitrogens with two attached hydrogens (primary N) is 1. The molecule has 4 heterocycles. The van der Waals surface area contributed by atoms with Crippen LogP contribution in [0.1, 0.15) is 23.1 Å². The summed E-state index contributed by atoms with van der Waals surface area (Å²) in [6.07, 6.45) is 3.23. The van der Waals surface area contributed by atoms with Gasteiger partial charge >= 0.3 is 0 Å². The van der Waals surface area contributed by atoms with E-state index in [9.17, 15) is 0 Å². The third-order valence-corrected chi connectivity index (χ3v) is 14.6. The molecule has 0 atom stereocenters. The minimum atomic E-state index is 0.462. The highest BCUT2D eigenvalue weighted by Crippen LogP contribution is 2.38. The standard InChI is InChI=1S/C25H18N2.C25H22N2.C17H14N2/c1-26-22-11-5-2-10-20(22)21-16-17(14-15-23(21)26)27-24-12-6-3-8-18(24)19-9-4-7-13-25(19)27;1-18-17-19(15-16-26(2)23-12-6-3-9-20(18)23)27-24-13-7-4-10-21(24)22-11-5-8-14-25(22)27;18-16(13-7-2-1-3-8-13)15-11-10-12-6-4-5-9-14(12)17(15)19/h2-16H,1H3;3-14,17H,1,15-16H2,2H3;1-11,18H,19H2/b;19-17+;. The number of hydrogen-bond acceptors (Lipinski definition) is 3. The summed E-state index contributed by atoms with van der Waals surface area (Å²) in [7, 11) is 4.31. The monoisotopic (exact) mass is 942 g/mol. The van der Waals surface area contributed by atoms with E-state index in [1.165, 1.54) is 88.1 Å². The van der Waals surface area contributed by atoms with E-state index in [1.807, 2.05) is 66.7 Å². The number of para-hydroxylation sites is 6. The fraction of sp³-hybridized carbons (Fsp3) is 0.0597. The van der Waals surface area contributed by atoms with Crippen LogP contribution in [0.3, 0.4) is 0 Å². The van der Waals surface area contributed by atoms with Crippen LogP contribution in [0, 0.1) is 5.41 Å². The molecule has 0 aliphatic carbocycles. The Labute approximate surface area is 424 Å². The van der Waals surface area contributed by atoms with Crippen molar-refractivity contribution >= 4 is 105 Å². The number of fused-ring (bicyclic) bond motifs is 11. The van der Waals surface area contributed by atoms with Crippen LogP contribution in [0.2, 0.25) is 0 Å². The van der Waals surface area contributed by atoms with Crippen LogP contribution in [0.25, 0.3) is 93.1 Å². The topological polar surface area (TPSA) is 67.9 Å². The highest BCUT2D eigenvalue weighted by Gasteiger charge is 2.19. The van der Waals surface area contributed by atoms with Crippen LogP contribution >= 0.6 is 0 Å². The fourth-order valence-corrected chi connectivity index (χ4v) is 11.0. The normalized spacial score (nSPS) is 13.3. The summed E-state index contributed by atoms with van der Waals surface area (Å²) >= 11 is 0. The number of aryl methyl sites for hydroxylation is 1. The quantitative estimate of drug-likeness (QED) is 0.136. The fourth-order valence-electron chi connectivity index (χ4n) is 11.0. The molecular weight excluding hydrogens is 889 g/mol. The molecule has 6 nitrogen and oxygen atoms in total. The Morgan fingerprint density at radius 3 is 1.56 bits per heavy atom. The second kappa shape index (κ2) is 18.7. The predicted octanol–water partition coefficient (Wildman–Crippen LogP) is 16.5. The van der Waals surface area contributed by atoms with Gasteiger partial charge in [-0.15, -0.1) is 0 Å². The first-order chi connectivity index (χ1) is 35.8. The summed E-state index contributed by atoms with van der Waals surface area (Å²) in [6, 6.07) is 80.2. The Morgan fingerprint density at radius 1 is 0.466 bits per heavy atom. The van der Waals surface area contributed by atoms with E-state index in [0.29, 0.717) is 11.4 Å². The molecule has 0 amide bonds. The molecule has 3 N–H and O–H groups in total. The number of benzene rings is 10. The number of nitrogen functional groups attached to an aromatic ring is 1. The van der Waals surface area contributed by atoms with Crippen molar-refractivity contribution in [3.8, 4) is 5.69 Å². The summed E-state index contributed by atoms with van der Waals surface area (Å²) in [5, 5.41) is 18.2. The van der Waals surface area contributed by atoms with Crippen LogP contribution in [0.15, 0.2) is 243 Å². The maximum Gasteiger partial charge on any atom is 0.0705 e. The van der Waals surface area contributed by atoms with Gasteiger partial charge in [-0.2, -0.15) is 0 Å². The van der Waals surface area contributed by atoms with E-state index in [2.05, 4.69) is 209 Å². The Morgan fingerprint density at radius 2 is 0.945 bits per heavy atom. The second-order valence-electron chi connectivity index (χ2n) is 18.9. The summed E-state index contributed by atoms with van der Waals surface area (Å²) in [5.74, 6) is 0. The van der Waals surface area contributed by atoms with Crippen molar-refractivity contribution in [3.05, 3.63) is 260 Å². The Balaban J connectivity index is 0.000000114. The highest BCUT2D eigenvalue weighted by atomic mass is 15.1. The van der Waals surface area contributed by atoms with Gasteiger partial charge < -0.3 is 24.3 Å². The maximum absolute atomic E-state index is 8.31.